The summed E-state index contributed by atoms with van der Waals surface area (Å²) in [6.45, 7) is 4.79. The van der Waals surface area contributed by atoms with Crippen LogP contribution in [0.3, 0.4) is 0 Å². The van der Waals surface area contributed by atoms with Crippen molar-refractivity contribution in [2.24, 2.45) is 10.9 Å². The summed E-state index contributed by atoms with van der Waals surface area (Å²) >= 11 is 0. The van der Waals surface area contributed by atoms with Gasteiger partial charge in [-0.2, -0.15) is 0 Å². The van der Waals surface area contributed by atoms with E-state index in [9.17, 15) is 4.39 Å². The highest BCUT2D eigenvalue weighted by Crippen LogP contribution is 2.11. The number of hydrogen-bond donors (Lipinski definition) is 0. The van der Waals surface area contributed by atoms with Gasteiger partial charge in [-0.05, 0) is 5.92 Å². The van der Waals surface area contributed by atoms with Crippen LogP contribution in [0.2, 0.25) is 0 Å². The van der Waals surface area contributed by atoms with Crippen molar-refractivity contribution in [2.75, 3.05) is 13.2 Å². The minimum Gasteiger partial charge on any atom is -0.477 e. The lowest BCUT2D eigenvalue weighted by molar-refractivity contribution is 0.256. The molecule has 10 heavy (non-hydrogen) atoms. The first-order valence-electron chi connectivity index (χ1n) is 3.53. The molecule has 2 nitrogen and oxygen atoms in total. The van der Waals surface area contributed by atoms with E-state index in [1.807, 2.05) is 13.8 Å². The van der Waals surface area contributed by atoms with Gasteiger partial charge in [-0.15, -0.1) is 0 Å². The molecular weight excluding hydrogens is 133 g/mol. The maximum atomic E-state index is 13.0. The number of aliphatic imine (C=N–C) groups is 1. The molecule has 0 radical (unpaired) electrons. The molecule has 1 aliphatic heterocycles. The minimum absolute atomic E-state index is 0.0307. The third-order valence-corrected chi connectivity index (χ3v) is 1.43. The van der Waals surface area contributed by atoms with Crippen molar-refractivity contribution in [3.8, 4) is 0 Å². The summed E-state index contributed by atoms with van der Waals surface area (Å²) in [4.78, 5) is 3.88. The van der Waals surface area contributed by atoms with Crippen molar-refractivity contribution in [1.29, 1.82) is 0 Å². The fourth-order valence-corrected chi connectivity index (χ4v) is 0.804. The molecule has 0 saturated heterocycles. The van der Waals surface area contributed by atoms with Gasteiger partial charge < -0.3 is 4.74 Å². The predicted octanol–water partition coefficient (Wildman–Crippen LogP) is 1.41. The SMILES string of the molecule is CC(C)C(F)C1=NCCO1. The Morgan fingerprint density at radius 1 is 1.60 bits per heavy atom. The lowest BCUT2D eigenvalue weighted by atomic mass is 10.1. The van der Waals surface area contributed by atoms with Gasteiger partial charge in [0.05, 0.1) is 6.54 Å². The first-order valence-corrected chi connectivity index (χ1v) is 3.53. The minimum atomic E-state index is -1.01. The van der Waals surface area contributed by atoms with E-state index in [4.69, 9.17) is 4.74 Å². The van der Waals surface area contributed by atoms with Crippen molar-refractivity contribution in [2.45, 2.75) is 20.0 Å². The van der Waals surface area contributed by atoms with Gasteiger partial charge in [0, 0.05) is 0 Å². The second-order valence-corrected chi connectivity index (χ2v) is 2.71. The average molecular weight is 145 g/mol. The smallest absolute Gasteiger partial charge is 0.219 e. The molecule has 0 amide bonds. The molecule has 0 bridgehead atoms. The average Bonchev–Trinajstić information content (AvgIpc) is 2.36. The molecule has 1 rings (SSSR count). The standard InChI is InChI=1S/C7H12FNO/c1-5(2)6(8)7-9-3-4-10-7/h5-6H,3-4H2,1-2H3. The largest absolute Gasteiger partial charge is 0.477 e. The third-order valence-electron chi connectivity index (χ3n) is 1.43. The summed E-state index contributed by atoms with van der Waals surface area (Å²) in [5.41, 5.74) is 0. The monoisotopic (exact) mass is 145 g/mol. The van der Waals surface area contributed by atoms with Crippen LogP contribution < -0.4 is 0 Å². The first-order chi connectivity index (χ1) is 4.72. The topological polar surface area (TPSA) is 21.6 Å². The van der Waals surface area contributed by atoms with Crippen molar-refractivity contribution >= 4 is 5.90 Å². The summed E-state index contributed by atoms with van der Waals surface area (Å²) in [5.74, 6) is 0.256. The number of alkyl halides is 1. The zero-order valence-electron chi connectivity index (χ0n) is 6.30. The Morgan fingerprint density at radius 3 is 2.70 bits per heavy atom. The number of rotatable bonds is 2. The molecule has 3 heteroatoms. The molecule has 1 atom stereocenters. The van der Waals surface area contributed by atoms with E-state index in [1.165, 1.54) is 0 Å². The normalized spacial score (nSPS) is 20.6. The number of nitrogens with zero attached hydrogens (tertiary/aromatic N) is 1. The number of halogens is 1. The van der Waals surface area contributed by atoms with Crippen LogP contribution in [0.5, 0.6) is 0 Å². The van der Waals surface area contributed by atoms with Gasteiger partial charge in [0.25, 0.3) is 0 Å². The molecule has 0 aromatic rings. The maximum Gasteiger partial charge on any atom is 0.219 e. The van der Waals surface area contributed by atoms with Crippen molar-refractivity contribution in [1.82, 2.24) is 0 Å². The maximum absolute atomic E-state index is 13.0. The van der Waals surface area contributed by atoms with Gasteiger partial charge in [0.1, 0.15) is 6.61 Å². The van der Waals surface area contributed by atoms with Crippen LogP contribution in [0.15, 0.2) is 4.99 Å². The van der Waals surface area contributed by atoms with Crippen LogP contribution in [0, 0.1) is 5.92 Å². The predicted molar refractivity (Wildman–Crippen MR) is 38.0 cm³/mol. The molecule has 0 N–H and O–H groups in total. The van der Waals surface area contributed by atoms with E-state index >= 15 is 0 Å². The number of ether oxygens (including phenoxy) is 1. The quantitative estimate of drug-likeness (QED) is 0.575. The second kappa shape index (κ2) is 2.99. The molecule has 0 fully saturated rings. The van der Waals surface area contributed by atoms with E-state index in [1.54, 1.807) is 0 Å². The fourth-order valence-electron chi connectivity index (χ4n) is 0.804. The summed E-state index contributed by atoms with van der Waals surface area (Å²) in [5, 5.41) is 0. The van der Waals surface area contributed by atoms with E-state index in [-0.39, 0.29) is 11.8 Å². The van der Waals surface area contributed by atoms with E-state index in [2.05, 4.69) is 4.99 Å². The van der Waals surface area contributed by atoms with Gasteiger partial charge in [-0.3, -0.25) is 0 Å². The number of hydrogen-bond acceptors (Lipinski definition) is 2. The summed E-state index contributed by atoms with van der Waals surface area (Å²) < 4.78 is 17.9. The molecular formula is C7H12FNO. The van der Waals surface area contributed by atoms with Crippen molar-refractivity contribution in [3.05, 3.63) is 0 Å². The van der Waals surface area contributed by atoms with Crippen LogP contribution in [-0.4, -0.2) is 25.2 Å². The molecule has 0 aliphatic carbocycles. The molecule has 0 saturated carbocycles. The Labute approximate surface area is 60.1 Å². The Balaban J connectivity index is 2.47. The first kappa shape index (κ1) is 7.51. The highest BCUT2D eigenvalue weighted by Gasteiger charge is 2.22. The van der Waals surface area contributed by atoms with E-state index in [0.29, 0.717) is 13.2 Å². The molecule has 1 aliphatic rings. The Kier molecular flexibility index (Phi) is 2.25. The molecule has 0 aromatic heterocycles. The van der Waals surface area contributed by atoms with E-state index < -0.39 is 6.17 Å². The third kappa shape index (κ3) is 1.46. The zero-order chi connectivity index (χ0) is 7.56. The summed E-state index contributed by atoms with van der Waals surface area (Å²) in [7, 11) is 0. The van der Waals surface area contributed by atoms with Crippen LogP contribution in [-0.2, 0) is 4.74 Å². The molecule has 0 aromatic carbocycles. The zero-order valence-corrected chi connectivity index (χ0v) is 6.30. The Hall–Kier alpha value is -0.600. The van der Waals surface area contributed by atoms with Crippen LogP contribution in [0.4, 0.5) is 4.39 Å². The van der Waals surface area contributed by atoms with Crippen molar-refractivity contribution in [3.63, 3.8) is 0 Å². The van der Waals surface area contributed by atoms with Crippen LogP contribution in [0.1, 0.15) is 13.8 Å². The second-order valence-electron chi connectivity index (χ2n) is 2.71. The Morgan fingerprint density at radius 2 is 2.30 bits per heavy atom. The van der Waals surface area contributed by atoms with Gasteiger partial charge in [-0.25, -0.2) is 9.38 Å². The van der Waals surface area contributed by atoms with Crippen molar-refractivity contribution < 1.29 is 9.13 Å². The molecule has 58 valence electrons. The van der Waals surface area contributed by atoms with Crippen LogP contribution in [0.25, 0.3) is 0 Å². The lowest BCUT2D eigenvalue weighted by Crippen LogP contribution is -2.21. The molecule has 0 spiro atoms. The van der Waals surface area contributed by atoms with Gasteiger partial charge in [0.15, 0.2) is 6.17 Å². The van der Waals surface area contributed by atoms with Crippen LogP contribution >= 0.6 is 0 Å². The molecule has 1 unspecified atom stereocenters. The van der Waals surface area contributed by atoms with Gasteiger partial charge in [0.2, 0.25) is 5.90 Å². The van der Waals surface area contributed by atoms with E-state index in [0.717, 1.165) is 0 Å². The highest BCUT2D eigenvalue weighted by molar-refractivity contribution is 5.82. The van der Waals surface area contributed by atoms with Gasteiger partial charge >= 0.3 is 0 Å². The highest BCUT2D eigenvalue weighted by atomic mass is 19.1. The molecule has 1 heterocycles. The fraction of sp³-hybridized carbons (Fsp3) is 0.857. The summed E-state index contributed by atoms with van der Waals surface area (Å²) in [6, 6.07) is 0. The lowest BCUT2D eigenvalue weighted by Gasteiger charge is -2.10. The summed E-state index contributed by atoms with van der Waals surface area (Å²) in [6.07, 6.45) is -1.01. The Bertz CT molecular complexity index is 145. The van der Waals surface area contributed by atoms with Gasteiger partial charge in [-0.1, -0.05) is 13.8 Å².